The van der Waals surface area contributed by atoms with Crippen molar-refractivity contribution in [1.82, 2.24) is 0 Å². The Hall–Kier alpha value is -1.45. The van der Waals surface area contributed by atoms with Crippen LogP contribution in [0.3, 0.4) is 0 Å². The molecule has 0 amide bonds. The predicted octanol–water partition coefficient (Wildman–Crippen LogP) is 2.75. The van der Waals surface area contributed by atoms with Crippen molar-refractivity contribution in [2.75, 3.05) is 13.2 Å². The fraction of sp³-hybridized carbons (Fsp3) is 0.438. The Morgan fingerprint density at radius 2 is 2.16 bits per heavy atom. The van der Waals surface area contributed by atoms with Crippen LogP contribution >= 0.6 is 0 Å². The fourth-order valence-electron chi connectivity index (χ4n) is 2.20. The van der Waals surface area contributed by atoms with Crippen LogP contribution in [0.2, 0.25) is 0 Å². The summed E-state index contributed by atoms with van der Waals surface area (Å²) in [6, 6.07) is 10.0. The Morgan fingerprint density at radius 1 is 1.37 bits per heavy atom. The molecule has 1 aromatic rings. The largest absolute Gasteiger partial charge is 0.376 e. The Labute approximate surface area is 114 Å². The normalized spacial score (nSPS) is 23.3. The number of ether oxygens (including phenoxy) is 2. The third kappa shape index (κ3) is 4.30. The molecule has 0 saturated carbocycles. The standard InChI is InChI=1S/C16H20O3/c1-2-6-16-15(17)9-14(12-19-16)11-18-10-13-7-4-3-5-8-13/h2-5,7-8,14,16H,1,6,9-12H2. The van der Waals surface area contributed by atoms with Crippen molar-refractivity contribution in [3.05, 3.63) is 48.6 Å². The average Bonchev–Trinajstić information content (AvgIpc) is 2.43. The molecule has 0 bridgehead atoms. The van der Waals surface area contributed by atoms with Crippen molar-refractivity contribution in [2.45, 2.75) is 25.6 Å². The SMILES string of the molecule is C=CCC1OCC(COCc2ccccc2)CC1=O. The lowest BCUT2D eigenvalue weighted by Gasteiger charge is -2.27. The summed E-state index contributed by atoms with van der Waals surface area (Å²) in [4.78, 5) is 11.8. The molecule has 1 fully saturated rings. The zero-order valence-electron chi connectivity index (χ0n) is 11.1. The highest BCUT2D eigenvalue weighted by Crippen LogP contribution is 2.19. The summed E-state index contributed by atoms with van der Waals surface area (Å²) >= 11 is 0. The summed E-state index contributed by atoms with van der Waals surface area (Å²) in [5.41, 5.74) is 1.15. The minimum Gasteiger partial charge on any atom is -0.376 e. The molecule has 0 N–H and O–H groups in total. The van der Waals surface area contributed by atoms with Crippen LogP contribution in [0.15, 0.2) is 43.0 Å². The lowest BCUT2D eigenvalue weighted by Crippen LogP contribution is -2.36. The Bertz CT molecular complexity index is 413. The minimum atomic E-state index is -0.289. The summed E-state index contributed by atoms with van der Waals surface area (Å²) in [7, 11) is 0. The van der Waals surface area contributed by atoms with Crippen LogP contribution in [0, 0.1) is 5.92 Å². The third-order valence-corrected chi connectivity index (χ3v) is 3.23. The molecule has 2 unspecified atom stereocenters. The molecule has 1 aromatic carbocycles. The van der Waals surface area contributed by atoms with E-state index in [1.807, 2.05) is 30.3 Å². The van der Waals surface area contributed by atoms with E-state index < -0.39 is 0 Å². The molecule has 3 heteroatoms. The maximum Gasteiger partial charge on any atom is 0.162 e. The zero-order chi connectivity index (χ0) is 13.5. The second-order valence-electron chi connectivity index (χ2n) is 4.88. The van der Waals surface area contributed by atoms with Crippen molar-refractivity contribution in [3.8, 4) is 0 Å². The van der Waals surface area contributed by atoms with Crippen LogP contribution in [0.25, 0.3) is 0 Å². The van der Waals surface area contributed by atoms with Gasteiger partial charge in [-0.1, -0.05) is 36.4 Å². The van der Waals surface area contributed by atoms with Crippen LogP contribution in [-0.4, -0.2) is 25.1 Å². The molecule has 3 nitrogen and oxygen atoms in total. The molecular formula is C16H20O3. The van der Waals surface area contributed by atoms with Gasteiger partial charge in [0.1, 0.15) is 6.10 Å². The van der Waals surface area contributed by atoms with E-state index in [2.05, 4.69) is 6.58 Å². The van der Waals surface area contributed by atoms with E-state index >= 15 is 0 Å². The van der Waals surface area contributed by atoms with Gasteiger partial charge in [-0.3, -0.25) is 4.79 Å². The molecule has 102 valence electrons. The maximum absolute atomic E-state index is 11.8. The van der Waals surface area contributed by atoms with Crippen molar-refractivity contribution >= 4 is 5.78 Å². The summed E-state index contributed by atoms with van der Waals surface area (Å²) in [5.74, 6) is 0.344. The monoisotopic (exact) mass is 260 g/mol. The van der Waals surface area contributed by atoms with Crippen LogP contribution in [-0.2, 0) is 20.9 Å². The molecule has 1 saturated heterocycles. The number of hydrogen-bond donors (Lipinski definition) is 0. The van der Waals surface area contributed by atoms with E-state index in [1.54, 1.807) is 6.08 Å². The van der Waals surface area contributed by atoms with Gasteiger partial charge in [-0.05, 0) is 12.0 Å². The van der Waals surface area contributed by atoms with Gasteiger partial charge in [0, 0.05) is 12.3 Å². The third-order valence-electron chi connectivity index (χ3n) is 3.23. The number of carbonyl (C=O) groups excluding carboxylic acids is 1. The van der Waals surface area contributed by atoms with Crippen molar-refractivity contribution < 1.29 is 14.3 Å². The highest BCUT2D eigenvalue weighted by molar-refractivity contribution is 5.84. The summed E-state index contributed by atoms with van der Waals surface area (Å²) in [6.07, 6.45) is 2.60. The number of carbonyl (C=O) groups is 1. The number of benzene rings is 1. The average molecular weight is 260 g/mol. The molecule has 0 aliphatic carbocycles. The smallest absolute Gasteiger partial charge is 0.162 e. The molecule has 2 atom stereocenters. The summed E-state index contributed by atoms with van der Waals surface area (Å²) in [5, 5.41) is 0. The predicted molar refractivity (Wildman–Crippen MR) is 73.8 cm³/mol. The van der Waals surface area contributed by atoms with Gasteiger partial charge in [0.05, 0.1) is 19.8 Å². The van der Waals surface area contributed by atoms with Crippen LogP contribution in [0.1, 0.15) is 18.4 Å². The van der Waals surface area contributed by atoms with E-state index in [1.165, 1.54) is 0 Å². The Morgan fingerprint density at radius 3 is 2.84 bits per heavy atom. The topological polar surface area (TPSA) is 35.5 Å². The van der Waals surface area contributed by atoms with Crippen molar-refractivity contribution in [1.29, 1.82) is 0 Å². The number of Topliss-reactive ketones (excluding diaryl/α,β-unsaturated/α-hetero) is 1. The second-order valence-corrected chi connectivity index (χ2v) is 4.88. The molecular weight excluding hydrogens is 240 g/mol. The molecule has 2 rings (SSSR count). The maximum atomic E-state index is 11.8. The zero-order valence-corrected chi connectivity index (χ0v) is 11.1. The number of hydrogen-bond acceptors (Lipinski definition) is 3. The molecule has 1 aliphatic heterocycles. The Balaban J connectivity index is 1.70. The van der Waals surface area contributed by atoms with Crippen molar-refractivity contribution in [3.63, 3.8) is 0 Å². The van der Waals surface area contributed by atoms with Gasteiger partial charge in [0.15, 0.2) is 5.78 Å². The Kier molecular flexibility index (Phi) is 5.31. The van der Waals surface area contributed by atoms with Gasteiger partial charge in [-0.2, -0.15) is 0 Å². The van der Waals surface area contributed by atoms with Gasteiger partial charge in [-0.15, -0.1) is 6.58 Å². The van der Waals surface area contributed by atoms with E-state index in [9.17, 15) is 4.79 Å². The fourth-order valence-corrected chi connectivity index (χ4v) is 2.20. The quantitative estimate of drug-likeness (QED) is 0.738. The van der Waals surface area contributed by atoms with Crippen LogP contribution in [0.5, 0.6) is 0 Å². The molecule has 0 aromatic heterocycles. The van der Waals surface area contributed by atoms with Crippen molar-refractivity contribution in [2.24, 2.45) is 5.92 Å². The highest BCUT2D eigenvalue weighted by atomic mass is 16.5. The lowest BCUT2D eigenvalue weighted by atomic mass is 9.96. The number of rotatable bonds is 6. The summed E-state index contributed by atoms with van der Waals surface area (Å²) in [6.45, 7) is 5.39. The first-order valence-electron chi connectivity index (χ1n) is 6.66. The van der Waals surface area contributed by atoms with E-state index in [4.69, 9.17) is 9.47 Å². The second kappa shape index (κ2) is 7.22. The highest BCUT2D eigenvalue weighted by Gasteiger charge is 2.28. The molecule has 0 spiro atoms. The van der Waals surface area contributed by atoms with E-state index in [-0.39, 0.29) is 17.8 Å². The molecule has 0 radical (unpaired) electrons. The van der Waals surface area contributed by atoms with Gasteiger partial charge in [-0.25, -0.2) is 0 Å². The number of ketones is 1. The molecule has 19 heavy (non-hydrogen) atoms. The lowest BCUT2D eigenvalue weighted by molar-refractivity contribution is -0.141. The molecule has 1 heterocycles. The van der Waals surface area contributed by atoms with E-state index in [0.717, 1.165) is 5.56 Å². The van der Waals surface area contributed by atoms with Gasteiger partial charge < -0.3 is 9.47 Å². The summed E-state index contributed by atoms with van der Waals surface area (Å²) < 4.78 is 11.2. The van der Waals surface area contributed by atoms with Crippen LogP contribution < -0.4 is 0 Å². The first-order valence-corrected chi connectivity index (χ1v) is 6.66. The van der Waals surface area contributed by atoms with Gasteiger partial charge >= 0.3 is 0 Å². The van der Waals surface area contributed by atoms with Gasteiger partial charge in [0.25, 0.3) is 0 Å². The molecule has 1 aliphatic rings. The first-order chi connectivity index (χ1) is 9.29. The van der Waals surface area contributed by atoms with Gasteiger partial charge in [0.2, 0.25) is 0 Å². The van der Waals surface area contributed by atoms with Crippen LogP contribution in [0.4, 0.5) is 0 Å². The first kappa shape index (κ1) is 14.0. The van der Waals surface area contributed by atoms with E-state index in [0.29, 0.717) is 32.7 Å². The minimum absolute atomic E-state index is 0.166.